The summed E-state index contributed by atoms with van der Waals surface area (Å²) >= 11 is 0. The molecule has 0 fully saturated rings. The van der Waals surface area contributed by atoms with E-state index in [1.165, 1.54) is 0 Å². The minimum atomic E-state index is -0.305. The molecule has 28 heavy (non-hydrogen) atoms. The third-order valence-electron chi connectivity index (χ3n) is 5.25. The predicted octanol–water partition coefficient (Wildman–Crippen LogP) is 5.59. The van der Waals surface area contributed by atoms with Crippen LogP contribution in [-0.4, -0.2) is 24.3 Å². The second-order valence-electron chi connectivity index (χ2n) is 6.78. The lowest BCUT2D eigenvalue weighted by molar-refractivity contribution is 0.0527. The first-order valence-corrected chi connectivity index (χ1v) is 9.43. The van der Waals surface area contributed by atoms with Crippen molar-refractivity contribution in [3.8, 4) is 11.4 Å². The van der Waals surface area contributed by atoms with Crippen LogP contribution in [0.25, 0.3) is 27.4 Å². The van der Waals surface area contributed by atoms with Crippen LogP contribution in [0.15, 0.2) is 54.6 Å². The van der Waals surface area contributed by atoms with Gasteiger partial charge >= 0.3 is 5.97 Å². The molecule has 0 N–H and O–H groups in total. The Kier molecular flexibility index (Phi) is 4.55. The summed E-state index contributed by atoms with van der Waals surface area (Å²) in [6, 6.07) is 18.3. The smallest absolute Gasteiger partial charge is 0.340 e. The Morgan fingerprint density at radius 3 is 2.25 bits per heavy atom. The quantitative estimate of drug-likeness (QED) is 0.438. The topological polar surface area (TPSA) is 40.5 Å². The van der Waals surface area contributed by atoms with Crippen molar-refractivity contribution in [3.63, 3.8) is 0 Å². The van der Waals surface area contributed by atoms with Crippen molar-refractivity contribution in [3.05, 3.63) is 71.4 Å². The summed E-state index contributed by atoms with van der Waals surface area (Å²) < 4.78 is 13.3. The number of hydrogen-bond acceptors (Lipinski definition) is 3. The van der Waals surface area contributed by atoms with E-state index in [0.717, 1.165) is 44.4 Å². The molecule has 142 valence electrons. The maximum absolute atomic E-state index is 12.9. The number of rotatable bonds is 4. The average Bonchev–Trinajstić information content (AvgIpc) is 3.03. The van der Waals surface area contributed by atoms with Crippen LogP contribution >= 0.6 is 0 Å². The molecule has 0 saturated carbocycles. The van der Waals surface area contributed by atoms with Crippen LogP contribution in [0, 0.1) is 13.8 Å². The van der Waals surface area contributed by atoms with Crippen molar-refractivity contribution in [2.75, 3.05) is 13.7 Å². The van der Waals surface area contributed by atoms with Gasteiger partial charge in [-0.05, 0) is 32.9 Å². The van der Waals surface area contributed by atoms with Gasteiger partial charge in [0, 0.05) is 33.1 Å². The monoisotopic (exact) mass is 373 g/mol. The van der Waals surface area contributed by atoms with Gasteiger partial charge in [-0.15, -0.1) is 0 Å². The second-order valence-corrected chi connectivity index (χ2v) is 6.78. The molecule has 4 nitrogen and oxygen atoms in total. The predicted molar refractivity (Wildman–Crippen MR) is 113 cm³/mol. The Bertz CT molecular complexity index is 1190. The van der Waals surface area contributed by atoms with Crippen LogP contribution in [0.4, 0.5) is 0 Å². The highest BCUT2D eigenvalue weighted by Crippen LogP contribution is 2.42. The van der Waals surface area contributed by atoms with Gasteiger partial charge < -0.3 is 14.0 Å². The molecular weight excluding hydrogens is 350 g/mol. The maximum atomic E-state index is 12.9. The van der Waals surface area contributed by atoms with Crippen LogP contribution < -0.4 is 4.74 Å². The van der Waals surface area contributed by atoms with E-state index in [1.807, 2.05) is 51.1 Å². The third-order valence-corrected chi connectivity index (χ3v) is 5.25. The summed E-state index contributed by atoms with van der Waals surface area (Å²) in [4.78, 5) is 12.9. The van der Waals surface area contributed by atoms with Crippen LogP contribution in [0.1, 0.15) is 28.5 Å². The number of fused-ring (bicyclic) bond motifs is 3. The summed E-state index contributed by atoms with van der Waals surface area (Å²) in [6.07, 6.45) is 0. The molecule has 0 unspecified atom stereocenters. The molecule has 0 aliphatic rings. The van der Waals surface area contributed by atoms with E-state index in [2.05, 4.69) is 28.8 Å². The number of methoxy groups -OCH3 is 1. The number of ether oxygens (including phenoxy) is 2. The van der Waals surface area contributed by atoms with E-state index in [9.17, 15) is 4.79 Å². The minimum Gasteiger partial charge on any atom is -0.496 e. The highest BCUT2D eigenvalue weighted by Gasteiger charge is 2.27. The number of aromatic nitrogens is 1. The summed E-state index contributed by atoms with van der Waals surface area (Å²) in [5.41, 5.74) is 4.41. The Labute approximate surface area is 164 Å². The lowest BCUT2D eigenvalue weighted by Gasteiger charge is -2.14. The van der Waals surface area contributed by atoms with Crippen LogP contribution in [0.2, 0.25) is 0 Å². The molecule has 0 amide bonds. The van der Waals surface area contributed by atoms with Gasteiger partial charge in [-0.2, -0.15) is 0 Å². The van der Waals surface area contributed by atoms with Gasteiger partial charge in [0.1, 0.15) is 5.75 Å². The fourth-order valence-corrected chi connectivity index (χ4v) is 4.13. The SMILES string of the molecule is CCOC(=O)c1c(C)n(-c2ccccc2)c2c1c(C)c(OC)c1ccccc12. The molecule has 0 aliphatic heterocycles. The third kappa shape index (κ3) is 2.56. The number of esters is 1. The molecule has 4 rings (SSSR count). The molecule has 0 saturated heterocycles. The normalized spacial score (nSPS) is 11.1. The largest absolute Gasteiger partial charge is 0.496 e. The number of carbonyl (C=O) groups is 1. The van der Waals surface area contributed by atoms with Crippen molar-refractivity contribution in [2.24, 2.45) is 0 Å². The van der Waals surface area contributed by atoms with Crippen molar-refractivity contribution < 1.29 is 14.3 Å². The molecule has 0 bridgehead atoms. The van der Waals surface area contributed by atoms with Crippen LogP contribution in [-0.2, 0) is 4.74 Å². The van der Waals surface area contributed by atoms with Gasteiger partial charge in [0.05, 0.1) is 24.8 Å². The van der Waals surface area contributed by atoms with Gasteiger partial charge in [0.15, 0.2) is 0 Å². The fraction of sp³-hybridized carbons (Fsp3) is 0.208. The standard InChI is InChI=1S/C24H23NO3/c1-5-28-24(26)21-16(3)25(17-11-7-6-8-12-17)22-18-13-9-10-14-19(18)23(27-4)15(2)20(21)22/h6-14H,5H2,1-4H3. The van der Waals surface area contributed by atoms with Gasteiger partial charge in [-0.1, -0.05) is 42.5 Å². The average molecular weight is 373 g/mol. The number of benzene rings is 3. The molecule has 0 radical (unpaired) electrons. The maximum Gasteiger partial charge on any atom is 0.340 e. The molecule has 1 aromatic heterocycles. The number of carbonyl (C=O) groups excluding carboxylic acids is 1. The van der Waals surface area contributed by atoms with Gasteiger partial charge in [0.25, 0.3) is 0 Å². The van der Waals surface area contributed by atoms with E-state index >= 15 is 0 Å². The van der Waals surface area contributed by atoms with E-state index < -0.39 is 0 Å². The zero-order chi connectivity index (χ0) is 19.8. The molecule has 4 heteroatoms. The molecule has 0 spiro atoms. The Morgan fingerprint density at radius 2 is 1.61 bits per heavy atom. The molecule has 0 atom stereocenters. The summed E-state index contributed by atoms with van der Waals surface area (Å²) in [6.45, 7) is 6.14. The van der Waals surface area contributed by atoms with Crippen molar-refractivity contribution in [1.29, 1.82) is 0 Å². The Balaban J connectivity index is 2.27. The van der Waals surface area contributed by atoms with Gasteiger partial charge in [-0.3, -0.25) is 0 Å². The fourth-order valence-electron chi connectivity index (χ4n) is 4.13. The van der Waals surface area contributed by atoms with E-state index in [0.29, 0.717) is 12.2 Å². The van der Waals surface area contributed by atoms with Crippen LogP contribution in [0.3, 0.4) is 0 Å². The summed E-state index contributed by atoms with van der Waals surface area (Å²) in [7, 11) is 1.67. The van der Waals surface area contributed by atoms with Gasteiger partial charge in [0.2, 0.25) is 0 Å². The summed E-state index contributed by atoms with van der Waals surface area (Å²) in [5.74, 6) is 0.485. The van der Waals surface area contributed by atoms with E-state index in [1.54, 1.807) is 7.11 Å². The summed E-state index contributed by atoms with van der Waals surface area (Å²) in [5, 5.41) is 2.96. The Morgan fingerprint density at radius 1 is 0.964 bits per heavy atom. The Hall–Kier alpha value is -3.27. The molecule has 3 aromatic carbocycles. The number of nitrogens with zero attached hydrogens (tertiary/aromatic N) is 1. The highest BCUT2D eigenvalue weighted by molar-refractivity contribution is 6.18. The first-order valence-electron chi connectivity index (χ1n) is 9.43. The first kappa shape index (κ1) is 18.1. The van der Waals surface area contributed by atoms with Crippen molar-refractivity contribution in [2.45, 2.75) is 20.8 Å². The second kappa shape index (κ2) is 7.04. The minimum absolute atomic E-state index is 0.305. The molecule has 4 aromatic rings. The molecule has 1 heterocycles. The molecular formula is C24H23NO3. The zero-order valence-electron chi connectivity index (χ0n) is 16.6. The number of para-hydroxylation sites is 1. The van der Waals surface area contributed by atoms with E-state index in [-0.39, 0.29) is 5.97 Å². The lowest BCUT2D eigenvalue weighted by Crippen LogP contribution is -2.07. The van der Waals surface area contributed by atoms with Crippen molar-refractivity contribution >= 4 is 27.6 Å². The van der Waals surface area contributed by atoms with E-state index in [4.69, 9.17) is 9.47 Å². The zero-order valence-corrected chi connectivity index (χ0v) is 16.6. The van der Waals surface area contributed by atoms with Gasteiger partial charge in [-0.25, -0.2) is 4.79 Å². The lowest BCUT2D eigenvalue weighted by atomic mass is 9.98. The highest BCUT2D eigenvalue weighted by atomic mass is 16.5. The first-order chi connectivity index (χ1) is 13.6. The van der Waals surface area contributed by atoms with Crippen LogP contribution in [0.5, 0.6) is 5.75 Å². The van der Waals surface area contributed by atoms with Crippen molar-refractivity contribution in [1.82, 2.24) is 4.57 Å². The number of aryl methyl sites for hydroxylation is 1. The number of hydrogen-bond donors (Lipinski definition) is 0. The molecule has 0 aliphatic carbocycles.